The quantitative estimate of drug-likeness (QED) is 0.890. The average molecular weight is 306 g/mol. The Morgan fingerprint density at radius 2 is 1.72 bits per heavy atom. The highest BCUT2D eigenvalue weighted by atomic mass is 79.9. The van der Waals surface area contributed by atoms with Gasteiger partial charge in [-0.15, -0.1) is 0 Å². The number of hydrogen-bond donors (Lipinski definition) is 1. The van der Waals surface area contributed by atoms with Gasteiger partial charge in [0.2, 0.25) is 0 Å². The molecule has 4 rings (SSSR count). The summed E-state index contributed by atoms with van der Waals surface area (Å²) >= 11 is 3.53. The van der Waals surface area contributed by atoms with Crippen LogP contribution in [0.3, 0.4) is 0 Å². The molecule has 3 saturated carbocycles. The van der Waals surface area contributed by atoms with Crippen molar-refractivity contribution in [2.75, 3.05) is 7.05 Å². The molecule has 0 aliphatic heterocycles. The van der Waals surface area contributed by atoms with Gasteiger partial charge in [0.1, 0.15) is 0 Å². The van der Waals surface area contributed by atoms with Gasteiger partial charge in [-0.05, 0) is 73.6 Å². The molecule has 96 valence electrons. The van der Waals surface area contributed by atoms with Crippen molar-refractivity contribution in [1.82, 2.24) is 5.32 Å². The van der Waals surface area contributed by atoms with Gasteiger partial charge in [0.05, 0.1) is 0 Å². The molecule has 0 spiro atoms. The summed E-state index contributed by atoms with van der Waals surface area (Å²) in [4.78, 5) is 0. The van der Waals surface area contributed by atoms with Crippen molar-refractivity contribution in [3.8, 4) is 0 Å². The molecule has 18 heavy (non-hydrogen) atoms. The van der Waals surface area contributed by atoms with Gasteiger partial charge in [-0.25, -0.2) is 0 Å². The average Bonchev–Trinajstić information content (AvgIpc) is 2.81. The van der Waals surface area contributed by atoms with Crippen LogP contribution in [-0.4, -0.2) is 7.05 Å². The Balaban J connectivity index is 1.58. The van der Waals surface area contributed by atoms with Crippen LogP contribution in [0.15, 0.2) is 28.7 Å². The monoisotopic (exact) mass is 305 g/mol. The molecule has 3 aliphatic rings. The van der Waals surface area contributed by atoms with Crippen LogP contribution < -0.4 is 5.32 Å². The Labute approximate surface area is 117 Å². The highest BCUT2D eigenvalue weighted by molar-refractivity contribution is 9.10. The second kappa shape index (κ2) is 4.08. The highest BCUT2D eigenvalue weighted by Crippen LogP contribution is 2.72. The maximum absolute atomic E-state index is 3.58. The van der Waals surface area contributed by atoms with E-state index < -0.39 is 0 Å². The van der Waals surface area contributed by atoms with Gasteiger partial charge in [0, 0.05) is 10.5 Å². The van der Waals surface area contributed by atoms with Gasteiger partial charge in [-0.3, -0.25) is 0 Å². The van der Waals surface area contributed by atoms with Crippen LogP contribution in [-0.2, 0) is 0 Å². The summed E-state index contributed by atoms with van der Waals surface area (Å²) in [6.45, 7) is 0. The minimum Gasteiger partial charge on any atom is -0.313 e. The van der Waals surface area contributed by atoms with Gasteiger partial charge >= 0.3 is 0 Å². The van der Waals surface area contributed by atoms with Crippen LogP contribution in [0.1, 0.15) is 30.9 Å². The summed E-state index contributed by atoms with van der Waals surface area (Å²) in [5.74, 6) is 5.14. The molecule has 2 heteroatoms. The molecule has 1 nitrogen and oxygen atoms in total. The zero-order valence-electron chi connectivity index (χ0n) is 10.8. The molecule has 1 aromatic rings. The third-order valence-corrected chi connectivity index (χ3v) is 6.25. The third-order valence-electron chi connectivity index (χ3n) is 5.72. The number of halogens is 1. The molecule has 0 heterocycles. The van der Waals surface area contributed by atoms with Gasteiger partial charge in [-0.2, -0.15) is 0 Å². The smallest absolute Gasteiger partial charge is 0.0351 e. The molecule has 0 aromatic heterocycles. The number of nitrogens with one attached hydrogen (secondary N) is 1. The SMILES string of the molecule is CNC(c1ccc(Br)cc1)C1C2C3CCC(C3)C21. The van der Waals surface area contributed by atoms with E-state index in [1.54, 1.807) is 6.42 Å². The van der Waals surface area contributed by atoms with E-state index >= 15 is 0 Å². The summed E-state index contributed by atoms with van der Waals surface area (Å²) in [5.41, 5.74) is 1.47. The lowest BCUT2D eigenvalue weighted by molar-refractivity contribution is 0.385. The predicted octanol–water partition coefficient (Wildman–Crippen LogP) is 4.00. The first-order chi connectivity index (χ1) is 8.79. The topological polar surface area (TPSA) is 12.0 Å². The second-order valence-electron chi connectivity index (χ2n) is 6.38. The van der Waals surface area contributed by atoms with Crippen LogP contribution in [0.5, 0.6) is 0 Å². The lowest BCUT2D eigenvalue weighted by Crippen LogP contribution is -2.21. The van der Waals surface area contributed by atoms with E-state index in [-0.39, 0.29) is 0 Å². The maximum atomic E-state index is 3.58. The predicted molar refractivity (Wildman–Crippen MR) is 77.2 cm³/mol. The minimum absolute atomic E-state index is 0.580. The van der Waals surface area contributed by atoms with Crippen molar-refractivity contribution >= 4 is 15.9 Å². The lowest BCUT2D eigenvalue weighted by Gasteiger charge is -2.20. The Morgan fingerprint density at radius 3 is 2.28 bits per heavy atom. The molecule has 5 atom stereocenters. The number of benzene rings is 1. The van der Waals surface area contributed by atoms with Crippen LogP contribution in [0, 0.1) is 29.6 Å². The molecule has 1 aromatic carbocycles. The van der Waals surface area contributed by atoms with Crippen LogP contribution >= 0.6 is 15.9 Å². The van der Waals surface area contributed by atoms with Gasteiger partial charge in [0.25, 0.3) is 0 Å². The van der Waals surface area contributed by atoms with E-state index in [4.69, 9.17) is 0 Å². The molecule has 5 unspecified atom stereocenters. The molecule has 0 radical (unpaired) electrons. The van der Waals surface area contributed by atoms with E-state index in [9.17, 15) is 0 Å². The molecule has 1 N–H and O–H groups in total. The standard InChI is InChI=1S/C16H20BrN/c1-18-16(9-4-6-12(17)7-5-9)15-13-10-2-3-11(8-10)14(13)15/h4-7,10-11,13-16,18H,2-3,8H2,1H3. The first kappa shape index (κ1) is 11.5. The summed E-state index contributed by atoms with van der Waals surface area (Å²) in [6.07, 6.45) is 4.57. The Bertz CT molecular complexity index is 439. The second-order valence-corrected chi connectivity index (χ2v) is 7.30. The van der Waals surface area contributed by atoms with Crippen LogP contribution in [0.2, 0.25) is 0 Å². The van der Waals surface area contributed by atoms with Crippen molar-refractivity contribution < 1.29 is 0 Å². The summed E-state index contributed by atoms with van der Waals surface area (Å²) < 4.78 is 1.18. The fourth-order valence-electron chi connectivity index (χ4n) is 5.09. The minimum atomic E-state index is 0.580. The number of rotatable bonds is 3. The first-order valence-electron chi connectivity index (χ1n) is 7.22. The van der Waals surface area contributed by atoms with E-state index in [0.29, 0.717) is 6.04 Å². The largest absolute Gasteiger partial charge is 0.313 e. The fraction of sp³-hybridized carbons (Fsp3) is 0.625. The van der Waals surface area contributed by atoms with Crippen molar-refractivity contribution in [3.63, 3.8) is 0 Å². The lowest BCUT2D eigenvalue weighted by atomic mass is 9.93. The first-order valence-corrected chi connectivity index (χ1v) is 8.01. The van der Waals surface area contributed by atoms with E-state index in [1.165, 1.54) is 22.9 Å². The Morgan fingerprint density at radius 1 is 1.11 bits per heavy atom. The maximum Gasteiger partial charge on any atom is 0.0351 e. The highest BCUT2D eigenvalue weighted by Gasteiger charge is 2.66. The fourth-order valence-corrected chi connectivity index (χ4v) is 5.35. The zero-order chi connectivity index (χ0) is 12.3. The Kier molecular flexibility index (Phi) is 2.60. The van der Waals surface area contributed by atoms with Gasteiger partial charge < -0.3 is 5.32 Å². The van der Waals surface area contributed by atoms with Crippen molar-refractivity contribution in [2.45, 2.75) is 25.3 Å². The zero-order valence-corrected chi connectivity index (χ0v) is 12.4. The molecule has 3 fully saturated rings. The normalized spacial score (nSPS) is 41.8. The molecule has 0 saturated heterocycles. The number of hydrogen-bond acceptors (Lipinski definition) is 1. The molecule has 0 amide bonds. The van der Waals surface area contributed by atoms with Crippen molar-refractivity contribution in [3.05, 3.63) is 34.3 Å². The molecule has 3 aliphatic carbocycles. The van der Waals surface area contributed by atoms with Gasteiger partial charge in [0.15, 0.2) is 0 Å². The van der Waals surface area contributed by atoms with Crippen molar-refractivity contribution in [2.24, 2.45) is 29.6 Å². The summed E-state index contributed by atoms with van der Waals surface area (Å²) in [5, 5.41) is 3.58. The van der Waals surface area contributed by atoms with E-state index in [1.807, 2.05) is 0 Å². The molecule has 2 bridgehead atoms. The van der Waals surface area contributed by atoms with Gasteiger partial charge in [-0.1, -0.05) is 28.1 Å². The van der Waals surface area contributed by atoms with Crippen LogP contribution in [0.25, 0.3) is 0 Å². The summed E-state index contributed by atoms with van der Waals surface area (Å²) in [7, 11) is 2.13. The van der Waals surface area contributed by atoms with E-state index in [0.717, 1.165) is 29.6 Å². The van der Waals surface area contributed by atoms with Crippen molar-refractivity contribution in [1.29, 1.82) is 0 Å². The molecular weight excluding hydrogens is 286 g/mol. The van der Waals surface area contributed by atoms with Crippen LogP contribution in [0.4, 0.5) is 0 Å². The van der Waals surface area contributed by atoms with E-state index in [2.05, 4.69) is 52.6 Å². The molecular formula is C16H20BrN. The Hall–Kier alpha value is -0.340. The summed E-state index contributed by atoms with van der Waals surface area (Å²) in [6, 6.07) is 9.48. The third kappa shape index (κ3) is 1.55. The number of fused-ring (bicyclic) bond motifs is 5.